The average Bonchev–Trinajstić information content (AvgIpc) is 2.31. The molecule has 11 heavy (non-hydrogen) atoms. The first kappa shape index (κ1) is 9.01. The summed E-state index contributed by atoms with van der Waals surface area (Å²) >= 11 is 0. The summed E-state index contributed by atoms with van der Waals surface area (Å²) in [6.07, 6.45) is 2.02. The molecule has 0 bridgehead atoms. The zero-order valence-electron chi connectivity index (χ0n) is 7.58. The van der Waals surface area contributed by atoms with Gasteiger partial charge >= 0.3 is 0 Å². The molecule has 0 radical (unpaired) electrons. The van der Waals surface area contributed by atoms with Crippen LogP contribution < -0.4 is 0 Å². The van der Waals surface area contributed by atoms with Gasteiger partial charge in [-0.1, -0.05) is 20.3 Å². The minimum absolute atomic E-state index is 0.0361. The minimum Gasteiger partial charge on any atom is -0.390 e. The molecule has 0 spiro atoms. The van der Waals surface area contributed by atoms with Crippen molar-refractivity contribution in [3.63, 3.8) is 0 Å². The summed E-state index contributed by atoms with van der Waals surface area (Å²) in [7, 11) is 0. The monoisotopic (exact) mass is 158 g/mol. The molecule has 0 amide bonds. The van der Waals surface area contributed by atoms with Gasteiger partial charge in [0.2, 0.25) is 0 Å². The van der Waals surface area contributed by atoms with Crippen molar-refractivity contribution >= 4 is 0 Å². The van der Waals surface area contributed by atoms with E-state index in [9.17, 15) is 5.11 Å². The standard InChI is InChI=1S/C9H18O2/c1-4-6(2)9-5-8(10)7(3)11-9/h6-10H,4-5H2,1-3H3. The Labute approximate surface area is 68.6 Å². The van der Waals surface area contributed by atoms with Gasteiger partial charge < -0.3 is 9.84 Å². The van der Waals surface area contributed by atoms with Gasteiger partial charge in [0, 0.05) is 6.42 Å². The SMILES string of the molecule is CCC(C)C1CC(O)C(C)O1. The number of aliphatic hydroxyl groups excluding tert-OH is 1. The van der Waals surface area contributed by atoms with Gasteiger partial charge in [-0.25, -0.2) is 0 Å². The fourth-order valence-corrected chi connectivity index (χ4v) is 1.48. The van der Waals surface area contributed by atoms with Crippen molar-refractivity contribution in [2.75, 3.05) is 0 Å². The number of hydrogen-bond acceptors (Lipinski definition) is 2. The van der Waals surface area contributed by atoms with Crippen LogP contribution in [0.25, 0.3) is 0 Å². The van der Waals surface area contributed by atoms with Crippen molar-refractivity contribution in [2.45, 2.75) is 51.9 Å². The summed E-state index contributed by atoms with van der Waals surface area (Å²) in [6, 6.07) is 0. The zero-order chi connectivity index (χ0) is 8.43. The highest BCUT2D eigenvalue weighted by atomic mass is 16.5. The van der Waals surface area contributed by atoms with Crippen LogP contribution in [0.1, 0.15) is 33.6 Å². The molecule has 0 aromatic heterocycles. The fraction of sp³-hybridized carbons (Fsp3) is 1.00. The van der Waals surface area contributed by atoms with E-state index < -0.39 is 0 Å². The van der Waals surface area contributed by atoms with E-state index in [1.165, 1.54) is 0 Å². The molecule has 0 aliphatic carbocycles. The molecule has 2 nitrogen and oxygen atoms in total. The van der Waals surface area contributed by atoms with E-state index in [1.54, 1.807) is 0 Å². The molecule has 1 aliphatic rings. The Morgan fingerprint density at radius 3 is 2.64 bits per heavy atom. The molecule has 1 N–H and O–H groups in total. The highest BCUT2D eigenvalue weighted by molar-refractivity contribution is 4.81. The molecular formula is C9H18O2. The summed E-state index contributed by atoms with van der Waals surface area (Å²) in [5.74, 6) is 0.578. The molecule has 0 aromatic carbocycles. The first-order valence-electron chi connectivity index (χ1n) is 4.48. The maximum Gasteiger partial charge on any atom is 0.0824 e. The Balaban J connectivity index is 2.40. The molecule has 1 saturated heterocycles. The Bertz CT molecular complexity index is 115. The van der Waals surface area contributed by atoms with E-state index in [0.29, 0.717) is 5.92 Å². The second kappa shape index (κ2) is 3.55. The van der Waals surface area contributed by atoms with Gasteiger partial charge in [0.15, 0.2) is 0 Å². The largest absolute Gasteiger partial charge is 0.390 e. The third-order valence-corrected chi connectivity index (χ3v) is 2.68. The van der Waals surface area contributed by atoms with Crippen LogP contribution in [0.5, 0.6) is 0 Å². The van der Waals surface area contributed by atoms with E-state index in [-0.39, 0.29) is 18.3 Å². The summed E-state index contributed by atoms with van der Waals surface area (Å²) < 4.78 is 5.58. The number of aliphatic hydroxyl groups is 1. The maximum atomic E-state index is 9.39. The average molecular weight is 158 g/mol. The molecule has 4 atom stereocenters. The van der Waals surface area contributed by atoms with E-state index in [0.717, 1.165) is 12.8 Å². The van der Waals surface area contributed by atoms with Crippen LogP contribution in [-0.4, -0.2) is 23.4 Å². The van der Waals surface area contributed by atoms with Crippen molar-refractivity contribution in [3.8, 4) is 0 Å². The van der Waals surface area contributed by atoms with Crippen molar-refractivity contribution in [2.24, 2.45) is 5.92 Å². The van der Waals surface area contributed by atoms with Gasteiger partial charge in [0.25, 0.3) is 0 Å². The lowest BCUT2D eigenvalue weighted by molar-refractivity contribution is 0.00172. The predicted molar refractivity (Wildman–Crippen MR) is 44.4 cm³/mol. The fourth-order valence-electron chi connectivity index (χ4n) is 1.48. The van der Waals surface area contributed by atoms with Crippen LogP contribution in [0.4, 0.5) is 0 Å². The molecule has 1 fully saturated rings. The van der Waals surface area contributed by atoms with Crippen LogP contribution in [0.15, 0.2) is 0 Å². The van der Waals surface area contributed by atoms with Crippen molar-refractivity contribution in [3.05, 3.63) is 0 Å². The van der Waals surface area contributed by atoms with Gasteiger partial charge in [-0.2, -0.15) is 0 Å². The predicted octanol–water partition coefficient (Wildman–Crippen LogP) is 1.57. The number of rotatable bonds is 2. The van der Waals surface area contributed by atoms with Gasteiger partial charge in [-0.05, 0) is 12.8 Å². The smallest absolute Gasteiger partial charge is 0.0824 e. The van der Waals surface area contributed by atoms with E-state index in [4.69, 9.17) is 4.74 Å². The summed E-state index contributed by atoms with van der Waals surface area (Å²) in [4.78, 5) is 0. The van der Waals surface area contributed by atoms with Crippen molar-refractivity contribution < 1.29 is 9.84 Å². The van der Waals surface area contributed by atoms with Crippen LogP contribution in [0.2, 0.25) is 0 Å². The molecule has 0 aromatic rings. The van der Waals surface area contributed by atoms with E-state index in [2.05, 4.69) is 13.8 Å². The highest BCUT2D eigenvalue weighted by Crippen LogP contribution is 2.26. The van der Waals surface area contributed by atoms with Crippen LogP contribution in [0, 0.1) is 5.92 Å². The molecule has 1 heterocycles. The number of hydrogen-bond donors (Lipinski definition) is 1. The van der Waals surface area contributed by atoms with E-state index >= 15 is 0 Å². The first-order chi connectivity index (χ1) is 5.15. The summed E-state index contributed by atoms with van der Waals surface area (Å²) in [6.45, 7) is 6.27. The summed E-state index contributed by atoms with van der Waals surface area (Å²) in [5, 5.41) is 9.39. The molecule has 4 unspecified atom stereocenters. The lowest BCUT2D eigenvalue weighted by Crippen LogP contribution is -2.17. The molecule has 0 saturated carbocycles. The van der Waals surface area contributed by atoms with Gasteiger partial charge in [-0.15, -0.1) is 0 Å². The van der Waals surface area contributed by atoms with Gasteiger partial charge in [-0.3, -0.25) is 0 Å². The molecule has 66 valence electrons. The third-order valence-electron chi connectivity index (χ3n) is 2.68. The Morgan fingerprint density at radius 1 is 1.64 bits per heavy atom. The Hall–Kier alpha value is -0.0800. The molecule has 2 heteroatoms. The maximum absolute atomic E-state index is 9.39. The molecule has 1 rings (SSSR count). The summed E-state index contributed by atoms with van der Waals surface area (Å²) in [5.41, 5.74) is 0. The second-order valence-corrected chi connectivity index (χ2v) is 3.57. The van der Waals surface area contributed by atoms with E-state index in [1.807, 2.05) is 6.92 Å². The number of ether oxygens (including phenoxy) is 1. The van der Waals surface area contributed by atoms with Gasteiger partial charge in [0.1, 0.15) is 0 Å². The molecular weight excluding hydrogens is 140 g/mol. The second-order valence-electron chi connectivity index (χ2n) is 3.57. The van der Waals surface area contributed by atoms with Crippen LogP contribution >= 0.6 is 0 Å². The molecule has 1 aliphatic heterocycles. The van der Waals surface area contributed by atoms with Gasteiger partial charge in [0.05, 0.1) is 18.3 Å². The van der Waals surface area contributed by atoms with Crippen molar-refractivity contribution in [1.29, 1.82) is 0 Å². The third kappa shape index (κ3) is 1.94. The normalized spacial score (nSPS) is 40.9. The lowest BCUT2D eigenvalue weighted by atomic mass is 9.98. The van der Waals surface area contributed by atoms with Crippen LogP contribution in [-0.2, 0) is 4.74 Å². The lowest BCUT2D eigenvalue weighted by Gasteiger charge is -2.16. The first-order valence-corrected chi connectivity index (χ1v) is 4.48. The zero-order valence-corrected chi connectivity index (χ0v) is 7.58. The highest BCUT2D eigenvalue weighted by Gasteiger charge is 2.32. The Morgan fingerprint density at radius 2 is 2.27 bits per heavy atom. The topological polar surface area (TPSA) is 29.5 Å². The Kier molecular flexibility index (Phi) is 2.90. The van der Waals surface area contributed by atoms with Crippen molar-refractivity contribution in [1.82, 2.24) is 0 Å². The van der Waals surface area contributed by atoms with Crippen LogP contribution in [0.3, 0.4) is 0 Å². The quantitative estimate of drug-likeness (QED) is 0.661. The minimum atomic E-state index is -0.242.